The lowest BCUT2D eigenvalue weighted by Crippen LogP contribution is -2.51. The Labute approximate surface area is 126 Å². The first-order chi connectivity index (χ1) is 10.1. The number of likely N-dealkylation sites (N-methyl/N-ethyl adjacent to an activating group) is 1. The second kappa shape index (κ2) is 7.89. The van der Waals surface area contributed by atoms with Crippen molar-refractivity contribution >= 4 is 5.91 Å². The number of nitrogens with zero attached hydrogens (tertiary/aromatic N) is 2. The van der Waals surface area contributed by atoms with Gasteiger partial charge in [-0.2, -0.15) is 0 Å². The molecule has 3 atom stereocenters. The Morgan fingerprint density at radius 2 is 2.10 bits per heavy atom. The van der Waals surface area contributed by atoms with Crippen LogP contribution in [0.15, 0.2) is 12.2 Å². The zero-order valence-corrected chi connectivity index (χ0v) is 13.0. The van der Waals surface area contributed by atoms with Gasteiger partial charge in [-0.15, -0.1) is 0 Å². The topological polar surface area (TPSA) is 65.0 Å². The minimum absolute atomic E-state index is 0.122. The molecule has 0 spiro atoms. The average molecular weight is 297 g/mol. The van der Waals surface area contributed by atoms with E-state index in [9.17, 15) is 9.90 Å². The van der Waals surface area contributed by atoms with Crippen LogP contribution in [0.5, 0.6) is 0 Å². The van der Waals surface area contributed by atoms with Crippen LogP contribution >= 0.6 is 0 Å². The maximum atomic E-state index is 11.8. The third kappa shape index (κ3) is 4.78. The molecule has 1 heterocycles. The molecule has 2 rings (SSSR count). The number of hydrogen-bond donors (Lipinski definition) is 2. The molecule has 2 fully saturated rings. The first-order valence-corrected chi connectivity index (χ1v) is 7.69. The van der Waals surface area contributed by atoms with Crippen LogP contribution in [-0.2, 0) is 9.53 Å². The van der Waals surface area contributed by atoms with E-state index in [2.05, 4.69) is 10.2 Å². The highest BCUT2D eigenvalue weighted by molar-refractivity contribution is 5.87. The lowest BCUT2D eigenvalue weighted by molar-refractivity contribution is -0.118. The third-order valence-corrected chi connectivity index (χ3v) is 4.16. The van der Waals surface area contributed by atoms with Gasteiger partial charge in [-0.25, -0.2) is 0 Å². The maximum Gasteiger partial charge on any atom is 0.244 e. The molecule has 1 saturated heterocycles. The van der Waals surface area contributed by atoms with Crippen LogP contribution in [0, 0.1) is 0 Å². The summed E-state index contributed by atoms with van der Waals surface area (Å²) >= 11 is 0. The molecule has 0 aromatic carbocycles. The largest absolute Gasteiger partial charge is 0.389 e. The summed E-state index contributed by atoms with van der Waals surface area (Å²) in [6, 6.07) is -0.000643. The molecule has 0 radical (unpaired) electrons. The molecule has 21 heavy (non-hydrogen) atoms. The molecular formula is C15H27N3O3. The van der Waals surface area contributed by atoms with Crippen molar-refractivity contribution in [3.63, 3.8) is 0 Å². The first-order valence-electron chi connectivity index (χ1n) is 7.69. The van der Waals surface area contributed by atoms with E-state index in [-0.39, 0.29) is 18.0 Å². The summed E-state index contributed by atoms with van der Waals surface area (Å²) in [6.45, 7) is 3.92. The minimum Gasteiger partial charge on any atom is -0.389 e. The van der Waals surface area contributed by atoms with Crippen molar-refractivity contribution in [2.45, 2.75) is 31.0 Å². The van der Waals surface area contributed by atoms with Crippen LogP contribution < -0.4 is 5.32 Å². The molecule has 2 aliphatic rings. The fraction of sp³-hybridized carbons (Fsp3) is 0.800. The van der Waals surface area contributed by atoms with Gasteiger partial charge in [0.25, 0.3) is 0 Å². The number of rotatable bonds is 5. The SMILES string of the molecule is CN(C)CC=CC(=O)N[C@@H]1CC[C@@H](N2CCOCC2)[C@@H]1O. The Morgan fingerprint density at radius 3 is 2.76 bits per heavy atom. The molecule has 1 aliphatic carbocycles. The number of aliphatic hydroxyl groups is 1. The first kappa shape index (κ1) is 16.4. The Hall–Kier alpha value is -0.950. The molecule has 0 aromatic rings. The van der Waals surface area contributed by atoms with Crippen LogP contribution in [0.4, 0.5) is 0 Å². The van der Waals surface area contributed by atoms with E-state index in [1.807, 2.05) is 25.1 Å². The zero-order valence-electron chi connectivity index (χ0n) is 13.0. The van der Waals surface area contributed by atoms with Crippen molar-refractivity contribution in [1.82, 2.24) is 15.1 Å². The smallest absolute Gasteiger partial charge is 0.244 e. The van der Waals surface area contributed by atoms with Gasteiger partial charge in [-0.1, -0.05) is 6.08 Å². The van der Waals surface area contributed by atoms with Gasteiger partial charge < -0.3 is 20.1 Å². The molecule has 1 saturated carbocycles. The summed E-state index contributed by atoms with van der Waals surface area (Å²) in [7, 11) is 3.91. The molecule has 0 unspecified atom stereocenters. The lowest BCUT2D eigenvalue weighted by atomic mass is 10.1. The highest BCUT2D eigenvalue weighted by Gasteiger charge is 2.39. The highest BCUT2D eigenvalue weighted by Crippen LogP contribution is 2.25. The lowest BCUT2D eigenvalue weighted by Gasteiger charge is -2.34. The number of carbonyl (C=O) groups is 1. The van der Waals surface area contributed by atoms with Gasteiger partial charge in [0.15, 0.2) is 0 Å². The average Bonchev–Trinajstić information content (AvgIpc) is 2.81. The molecule has 2 N–H and O–H groups in total. The molecule has 120 valence electrons. The molecule has 6 heteroatoms. The molecule has 0 aromatic heterocycles. The number of nitrogens with one attached hydrogen (secondary N) is 1. The summed E-state index contributed by atoms with van der Waals surface area (Å²) in [6.07, 6.45) is 4.64. The zero-order chi connectivity index (χ0) is 15.2. The Morgan fingerprint density at radius 1 is 1.38 bits per heavy atom. The second-order valence-corrected chi connectivity index (χ2v) is 6.06. The van der Waals surface area contributed by atoms with Gasteiger partial charge in [-0.05, 0) is 26.9 Å². The Bertz CT molecular complexity index is 367. The van der Waals surface area contributed by atoms with Gasteiger partial charge >= 0.3 is 0 Å². The van der Waals surface area contributed by atoms with Crippen molar-refractivity contribution in [3.05, 3.63) is 12.2 Å². The summed E-state index contributed by atoms with van der Waals surface area (Å²) < 4.78 is 5.34. The number of aliphatic hydroxyl groups excluding tert-OH is 1. The fourth-order valence-electron chi connectivity index (χ4n) is 3.03. The number of carbonyl (C=O) groups excluding carboxylic acids is 1. The molecule has 0 bridgehead atoms. The molecule has 6 nitrogen and oxygen atoms in total. The van der Waals surface area contributed by atoms with E-state index in [0.29, 0.717) is 0 Å². The number of morpholine rings is 1. The third-order valence-electron chi connectivity index (χ3n) is 4.16. The van der Waals surface area contributed by atoms with Crippen molar-refractivity contribution in [3.8, 4) is 0 Å². The number of ether oxygens (including phenoxy) is 1. The van der Waals surface area contributed by atoms with Gasteiger partial charge in [0.1, 0.15) is 0 Å². The van der Waals surface area contributed by atoms with Gasteiger partial charge in [0.05, 0.1) is 25.4 Å². The monoisotopic (exact) mass is 297 g/mol. The van der Waals surface area contributed by atoms with E-state index in [1.165, 1.54) is 0 Å². The fourth-order valence-corrected chi connectivity index (χ4v) is 3.03. The Balaban J connectivity index is 1.79. The quantitative estimate of drug-likeness (QED) is 0.666. The standard InChI is InChI=1S/C15H27N3O3/c1-17(2)7-3-4-14(19)16-12-5-6-13(15(12)20)18-8-10-21-11-9-18/h3-4,12-13,15,20H,5-11H2,1-2H3,(H,16,19)/t12-,13-,15-/m1/s1. The number of hydrogen-bond acceptors (Lipinski definition) is 5. The summed E-state index contributed by atoms with van der Waals surface area (Å²) in [5.74, 6) is -0.122. The summed E-state index contributed by atoms with van der Waals surface area (Å²) in [5.41, 5.74) is 0. The van der Waals surface area contributed by atoms with Crippen LogP contribution in [0.2, 0.25) is 0 Å². The van der Waals surface area contributed by atoms with Gasteiger partial charge in [0, 0.05) is 31.8 Å². The van der Waals surface area contributed by atoms with Crippen LogP contribution in [0.25, 0.3) is 0 Å². The van der Waals surface area contributed by atoms with Gasteiger partial charge in [-0.3, -0.25) is 9.69 Å². The van der Waals surface area contributed by atoms with Crippen LogP contribution in [0.1, 0.15) is 12.8 Å². The van der Waals surface area contributed by atoms with E-state index < -0.39 is 6.10 Å². The van der Waals surface area contributed by atoms with Crippen molar-refractivity contribution in [1.29, 1.82) is 0 Å². The van der Waals surface area contributed by atoms with E-state index in [1.54, 1.807) is 6.08 Å². The van der Waals surface area contributed by atoms with Crippen molar-refractivity contribution in [2.75, 3.05) is 46.9 Å². The Kier molecular flexibility index (Phi) is 6.17. The van der Waals surface area contributed by atoms with Crippen molar-refractivity contribution in [2.24, 2.45) is 0 Å². The second-order valence-electron chi connectivity index (χ2n) is 6.06. The normalized spacial score (nSPS) is 31.1. The highest BCUT2D eigenvalue weighted by atomic mass is 16.5. The van der Waals surface area contributed by atoms with E-state index >= 15 is 0 Å². The number of amides is 1. The minimum atomic E-state index is -0.491. The van der Waals surface area contributed by atoms with E-state index in [0.717, 1.165) is 45.7 Å². The molecular weight excluding hydrogens is 270 g/mol. The van der Waals surface area contributed by atoms with Crippen LogP contribution in [0.3, 0.4) is 0 Å². The predicted octanol–water partition coefficient (Wildman–Crippen LogP) is -0.555. The summed E-state index contributed by atoms with van der Waals surface area (Å²) in [5, 5.41) is 13.4. The van der Waals surface area contributed by atoms with Crippen molar-refractivity contribution < 1.29 is 14.6 Å². The van der Waals surface area contributed by atoms with E-state index in [4.69, 9.17) is 4.74 Å². The molecule has 1 aliphatic heterocycles. The molecule has 1 amide bonds. The summed E-state index contributed by atoms with van der Waals surface area (Å²) in [4.78, 5) is 16.1. The predicted molar refractivity (Wildman–Crippen MR) is 81.0 cm³/mol. The maximum absolute atomic E-state index is 11.8. The van der Waals surface area contributed by atoms with Crippen LogP contribution in [-0.4, -0.2) is 85.9 Å². The van der Waals surface area contributed by atoms with Gasteiger partial charge in [0.2, 0.25) is 5.91 Å².